The summed E-state index contributed by atoms with van der Waals surface area (Å²) in [6.07, 6.45) is 5.97. The van der Waals surface area contributed by atoms with Crippen LogP contribution in [0, 0.1) is 17.8 Å². The van der Waals surface area contributed by atoms with E-state index in [-0.39, 0.29) is 23.0 Å². The third-order valence-corrected chi connectivity index (χ3v) is 8.70. The first-order chi connectivity index (χ1) is 18.9. The van der Waals surface area contributed by atoms with Gasteiger partial charge in [0.1, 0.15) is 11.7 Å². The van der Waals surface area contributed by atoms with E-state index in [0.717, 1.165) is 50.2 Å². The van der Waals surface area contributed by atoms with E-state index in [4.69, 9.17) is 0 Å². The lowest BCUT2D eigenvalue weighted by atomic mass is 9.75. The standard InChI is InChI=1S/C33H48N4O3/c1-7-8-9-25(36-31(40)29-22(2)28-26(35-29)18-33(5,6)19-27(28)38)30(39)34-20-23-10-12-24(13-11-23)21-37-16-14-32(3,4)15-17-37/h10-13,25,35H,7-9,14-21H2,1-6H3,(H,34,39)(H,36,40). The first-order valence-electron chi connectivity index (χ1n) is 15.0. The van der Waals surface area contributed by atoms with E-state index < -0.39 is 6.04 Å². The summed E-state index contributed by atoms with van der Waals surface area (Å²) in [6.45, 7) is 16.4. The Labute approximate surface area is 239 Å². The van der Waals surface area contributed by atoms with Gasteiger partial charge in [-0.2, -0.15) is 0 Å². The Bertz CT molecular complexity index is 1220. The lowest BCUT2D eigenvalue weighted by molar-refractivity contribution is -0.123. The molecule has 218 valence electrons. The summed E-state index contributed by atoms with van der Waals surface area (Å²) >= 11 is 0. The maximum Gasteiger partial charge on any atom is 0.268 e. The molecule has 2 aromatic rings. The molecule has 0 bridgehead atoms. The quantitative estimate of drug-likeness (QED) is 0.355. The number of H-pyrrole nitrogens is 1. The predicted molar refractivity (Wildman–Crippen MR) is 159 cm³/mol. The SMILES string of the molecule is CCCCC(NC(=O)c1[nH]c2c(c1C)C(=O)CC(C)(C)C2)C(=O)NCc1ccc(CN2CCC(C)(C)CC2)cc1. The van der Waals surface area contributed by atoms with E-state index in [0.29, 0.717) is 41.6 Å². The van der Waals surface area contributed by atoms with Crippen molar-refractivity contribution in [3.8, 4) is 0 Å². The Morgan fingerprint density at radius 2 is 1.65 bits per heavy atom. The highest BCUT2D eigenvalue weighted by molar-refractivity contribution is 6.05. The van der Waals surface area contributed by atoms with Crippen LogP contribution in [0.15, 0.2) is 24.3 Å². The van der Waals surface area contributed by atoms with E-state index >= 15 is 0 Å². The van der Waals surface area contributed by atoms with Crippen molar-refractivity contribution in [1.82, 2.24) is 20.5 Å². The molecule has 1 aliphatic heterocycles. The van der Waals surface area contributed by atoms with Crippen molar-refractivity contribution in [2.24, 2.45) is 10.8 Å². The molecule has 40 heavy (non-hydrogen) atoms. The van der Waals surface area contributed by atoms with Gasteiger partial charge >= 0.3 is 0 Å². The van der Waals surface area contributed by atoms with Crippen LogP contribution in [0.5, 0.6) is 0 Å². The third-order valence-electron chi connectivity index (χ3n) is 8.70. The van der Waals surface area contributed by atoms with E-state index in [1.165, 1.54) is 18.4 Å². The number of nitrogens with one attached hydrogen (secondary N) is 3. The van der Waals surface area contributed by atoms with Gasteiger partial charge in [0.25, 0.3) is 5.91 Å². The fourth-order valence-electron chi connectivity index (χ4n) is 6.02. The van der Waals surface area contributed by atoms with Crippen molar-refractivity contribution >= 4 is 17.6 Å². The van der Waals surface area contributed by atoms with Gasteiger partial charge in [0, 0.05) is 30.8 Å². The number of nitrogens with zero attached hydrogens (tertiary/aromatic N) is 1. The van der Waals surface area contributed by atoms with Gasteiger partial charge in [-0.25, -0.2) is 0 Å². The van der Waals surface area contributed by atoms with Crippen molar-refractivity contribution in [2.45, 2.75) is 106 Å². The van der Waals surface area contributed by atoms with Crippen molar-refractivity contribution in [1.29, 1.82) is 0 Å². The summed E-state index contributed by atoms with van der Waals surface area (Å²) in [6, 6.07) is 7.82. The molecule has 4 rings (SSSR count). The lowest BCUT2D eigenvalue weighted by Gasteiger charge is -2.36. The number of rotatable bonds is 10. The van der Waals surface area contributed by atoms with Crippen molar-refractivity contribution in [3.63, 3.8) is 0 Å². The van der Waals surface area contributed by atoms with Gasteiger partial charge in [0.05, 0.1) is 0 Å². The zero-order valence-electron chi connectivity index (χ0n) is 25.3. The molecule has 1 aromatic heterocycles. The van der Waals surface area contributed by atoms with Crippen LogP contribution >= 0.6 is 0 Å². The number of likely N-dealkylation sites (tertiary alicyclic amines) is 1. The minimum Gasteiger partial charge on any atom is -0.354 e. The van der Waals surface area contributed by atoms with Crippen LogP contribution in [-0.4, -0.2) is 46.6 Å². The summed E-state index contributed by atoms with van der Waals surface area (Å²) in [5.41, 5.74) is 5.16. The molecule has 1 aliphatic carbocycles. The summed E-state index contributed by atoms with van der Waals surface area (Å²) in [5.74, 6) is -0.447. The molecular weight excluding hydrogens is 500 g/mol. The van der Waals surface area contributed by atoms with Crippen molar-refractivity contribution < 1.29 is 14.4 Å². The Kier molecular flexibility index (Phi) is 9.23. The number of amides is 2. The maximum atomic E-state index is 13.3. The van der Waals surface area contributed by atoms with Crippen molar-refractivity contribution in [3.05, 3.63) is 57.9 Å². The molecule has 3 N–H and O–H groups in total. The first kappa shape index (κ1) is 30.0. The Morgan fingerprint density at radius 1 is 1.00 bits per heavy atom. The number of Topliss-reactive ketones (excluding diaryl/α,β-unsaturated/α-hetero) is 1. The number of piperidine rings is 1. The van der Waals surface area contributed by atoms with Gasteiger partial charge in [0.15, 0.2) is 5.78 Å². The van der Waals surface area contributed by atoms with E-state index in [1.807, 2.05) is 6.92 Å². The summed E-state index contributed by atoms with van der Waals surface area (Å²) in [7, 11) is 0. The highest BCUT2D eigenvalue weighted by Gasteiger charge is 2.35. The van der Waals surface area contributed by atoms with Crippen LogP contribution in [0.1, 0.15) is 116 Å². The van der Waals surface area contributed by atoms with Gasteiger partial charge < -0.3 is 15.6 Å². The molecule has 7 nitrogen and oxygen atoms in total. The smallest absolute Gasteiger partial charge is 0.268 e. The monoisotopic (exact) mass is 548 g/mol. The van der Waals surface area contributed by atoms with E-state index in [9.17, 15) is 14.4 Å². The molecule has 2 aliphatic rings. The number of fused-ring (bicyclic) bond motifs is 1. The molecule has 7 heteroatoms. The molecule has 1 atom stereocenters. The fraction of sp³-hybridized carbons (Fsp3) is 0.606. The van der Waals surface area contributed by atoms with Crippen LogP contribution in [0.2, 0.25) is 0 Å². The molecule has 2 amide bonds. The van der Waals surface area contributed by atoms with Crippen LogP contribution in [0.3, 0.4) is 0 Å². The minimum absolute atomic E-state index is 0.0743. The number of hydrogen-bond acceptors (Lipinski definition) is 4. The summed E-state index contributed by atoms with van der Waals surface area (Å²) in [5, 5.41) is 5.98. The maximum absolute atomic E-state index is 13.3. The lowest BCUT2D eigenvalue weighted by Crippen LogP contribution is -2.46. The van der Waals surface area contributed by atoms with Crippen LogP contribution < -0.4 is 10.6 Å². The van der Waals surface area contributed by atoms with E-state index in [2.05, 4.69) is 79.4 Å². The van der Waals surface area contributed by atoms with Gasteiger partial charge in [0.2, 0.25) is 5.91 Å². The average Bonchev–Trinajstić information content (AvgIpc) is 3.22. The highest BCUT2D eigenvalue weighted by Crippen LogP contribution is 2.36. The zero-order valence-corrected chi connectivity index (χ0v) is 25.3. The number of hydrogen-bond donors (Lipinski definition) is 3. The first-order valence-corrected chi connectivity index (χ1v) is 15.0. The van der Waals surface area contributed by atoms with Gasteiger partial charge in [-0.15, -0.1) is 0 Å². The average molecular weight is 549 g/mol. The van der Waals surface area contributed by atoms with Crippen LogP contribution in [0.25, 0.3) is 0 Å². The number of carbonyl (C=O) groups is 3. The number of ketones is 1. The second kappa shape index (κ2) is 12.3. The number of benzene rings is 1. The Balaban J connectivity index is 1.35. The third kappa shape index (κ3) is 7.42. The minimum atomic E-state index is -0.637. The topological polar surface area (TPSA) is 94.3 Å². The Hall–Kier alpha value is -2.93. The van der Waals surface area contributed by atoms with Gasteiger partial charge in [-0.05, 0) is 73.2 Å². The molecule has 1 fully saturated rings. The number of aromatic nitrogens is 1. The molecule has 2 heterocycles. The molecular formula is C33H48N4O3. The second-order valence-electron chi connectivity index (χ2n) is 13.6. The van der Waals surface area contributed by atoms with Crippen LogP contribution in [0.4, 0.5) is 0 Å². The molecule has 0 saturated carbocycles. The van der Waals surface area contributed by atoms with Gasteiger partial charge in [-0.1, -0.05) is 71.7 Å². The van der Waals surface area contributed by atoms with Crippen molar-refractivity contribution in [2.75, 3.05) is 13.1 Å². The summed E-state index contributed by atoms with van der Waals surface area (Å²) in [4.78, 5) is 45.0. The van der Waals surface area contributed by atoms with Crippen LogP contribution in [-0.2, 0) is 24.3 Å². The number of unbranched alkanes of at least 4 members (excludes halogenated alkanes) is 1. The molecule has 1 saturated heterocycles. The molecule has 1 aromatic carbocycles. The van der Waals surface area contributed by atoms with Gasteiger partial charge in [-0.3, -0.25) is 19.3 Å². The normalized spacial score (nSPS) is 19.1. The number of aromatic amines is 1. The largest absolute Gasteiger partial charge is 0.354 e. The highest BCUT2D eigenvalue weighted by atomic mass is 16.2. The number of carbonyl (C=O) groups excluding carboxylic acids is 3. The molecule has 0 spiro atoms. The second-order valence-corrected chi connectivity index (χ2v) is 13.6. The fourth-order valence-corrected chi connectivity index (χ4v) is 6.02. The Morgan fingerprint density at radius 3 is 2.30 bits per heavy atom. The van der Waals surface area contributed by atoms with E-state index in [1.54, 1.807) is 0 Å². The molecule has 0 radical (unpaired) electrons. The predicted octanol–water partition coefficient (Wildman–Crippen LogP) is 5.71. The summed E-state index contributed by atoms with van der Waals surface area (Å²) < 4.78 is 0. The molecule has 1 unspecified atom stereocenters. The zero-order chi connectivity index (χ0) is 29.1.